The normalized spacial score (nSPS) is 21.0. The first-order valence-corrected chi connectivity index (χ1v) is 5.34. The molecule has 2 nitrogen and oxygen atoms in total. The Morgan fingerprint density at radius 1 is 1.33 bits per heavy atom. The molecule has 0 amide bonds. The summed E-state index contributed by atoms with van der Waals surface area (Å²) in [5.41, 5.74) is 1.66. The maximum atomic E-state index is 11.7. The zero-order valence-electron chi connectivity index (χ0n) is 8.57. The summed E-state index contributed by atoms with van der Waals surface area (Å²) in [6, 6.07) is 9.54. The third kappa shape index (κ3) is 2.07. The van der Waals surface area contributed by atoms with E-state index in [2.05, 4.69) is 6.07 Å². The largest absolute Gasteiger partial charge is 0.299 e. The molecule has 0 spiro atoms. The van der Waals surface area contributed by atoms with Crippen molar-refractivity contribution in [2.75, 3.05) is 0 Å². The van der Waals surface area contributed by atoms with Gasteiger partial charge < -0.3 is 0 Å². The predicted octanol–water partition coefficient (Wildman–Crippen LogP) is 2.78. The number of nitriles is 1. The van der Waals surface area contributed by atoms with E-state index in [0.717, 1.165) is 24.8 Å². The first-order valence-electron chi connectivity index (χ1n) is 5.34. The van der Waals surface area contributed by atoms with Crippen LogP contribution in [0.1, 0.15) is 42.7 Å². The highest BCUT2D eigenvalue weighted by Gasteiger charge is 2.23. The second-order valence-corrected chi connectivity index (χ2v) is 4.00. The van der Waals surface area contributed by atoms with Crippen LogP contribution < -0.4 is 0 Å². The van der Waals surface area contributed by atoms with Crippen molar-refractivity contribution in [2.45, 2.75) is 31.6 Å². The van der Waals surface area contributed by atoms with Crippen LogP contribution in [0, 0.1) is 11.3 Å². The highest BCUT2D eigenvalue weighted by molar-refractivity contribution is 5.86. The lowest BCUT2D eigenvalue weighted by Gasteiger charge is -2.20. The number of nitrogens with zero attached hydrogens (tertiary/aromatic N) is 1. The summed E-state index contributed by atoms with van der Waals surface area (Å²) >= 11 is 0. The van der Waals surface area contributed by atoms with Crippen LogP contribution >= 0.6 is 0 Å². The van der Waals surface area contributed by atoms with Gasteiger partial charge in [-0.2, -0.15) is 5.26 Å². The maximum absolute atomic E-state index is 11.7. The molecule has 1 aliphatic rings. The average molecular weight is 199 g/mol. The van der Waals surface area contributed by atoms with Gasteiger partial charge in [-0.3, -0.25) is 4.79 Å². The maximum Gasteiger partial charge on any atom is 0.140 e. The third-order valence-corrected chi connectivity index (χ3v) is 2.97. The summed E-state index contributed by atoms with van der Waals surface area (Å²) in [5.74, 6) is 0.364. The van der Waals surface area contributed by atoms with Gasteiger partial charge in [-0.05, 0) is 30.5 Å². The number of hydrogen-bond donors (Lipinski definition) is 0. The van der Waals surface area contributed by atoms with E-state index < -0.39 is 0 Å². The zero-order chi connectivity index (χ0) is 10.7. The van der Waals surface area contributed by atoms with Crippen LogP contribution in [-0.2, 0) is 4.79 Å². The molecule has 76 valence electrons. The standard InChI is InChI=1S/C13H13NO/c14-9-10-4-3-5-11(8-10)12-6-1-2-7-13(12)15/h3-5,8,12H,1-2,6-7H2. The molecule has 2 heteroatoms. The van der Waals surface area contributed by atoms with E-state index in [4.69, 9.17) is 5.26 Å². The van der Waals surface area contributed by atoms with Crippen LogP contribution in [0.15, 0.2) is 24.3 Å². The van der Waals surface area contributed by atoms with Crippen molar-refractivity contribution in [3.63, 3.8) is 0 Å². The molecule has 1 aliphatic carbocycles. The van der Waals surface area contributed by atoms with E-state index in [0.29, 0.717) is 17.8 Å². The lowest BCUT2D eigenvalue weighted by molar-refractivity contribution is -0.121. The molecule has 1 aromatic carbocycles. The number of Topliss-reactive ketones (excluding diaryl/α,β-unsaturated/α-hetero) is 1. The zero-order valence-corrected chi connectivity index (χ0v) is 8.57. The Bertz CT molecular complexity index is 417. The van der Waals surface area contributed by atoms with E-state index in [-0.39, 0.29) is 5.92 Å². The molecular formula is C13H13NO. The van der Waals surface area contributed by atoms with Crippen molar-refractivity contribution >= 4 is 5.78 Å². The van der Waals surface area contributed by atoms with E-state index in [1.54, 1.807) is 6.07 Å². The highest BCUT2D eigenvalue weighted by atomic mass is 16.1. The van der Waals surface area contributed by atoms with Crippen molar-refractivity contribution in [1.29, 1.82) is 5.26 Å². The fraction of sp³-hybridized carbons (Fsp3) is 0.385. The average Bonchev–Trinajstić information content (AvgIpc) is 2.30. The smallest absolute Gasteiger partial charge is 0.140 e. The molecule has 0 aromatic heterocycles. The number of ketones is 1. The van der Waals surface area contributed by atoms with E-state index in [9.17, 15) is 4.79 Å². The Morgan fingerprint density at radius 3 is 2.93 bits per heavy atom. The first-order chi connectivity index (χ1) is 7.31. The molecule has 15 heavy (non-hydrogen) atoms. The third-order valence-electron chi connectivity index (χ3n) is 2.97. The Morgan fingerprint density at radius 2 is 2.20 bits per heavy atom. The van der Waals surface area contributed by atoms with Crippen LogP contribution in [0.25, 0.3) is 0 Å². The summed E-state index contributed by atoms with van der Waals surface area (Å²) in [5, 5.41) is 8.79. The fourth-order valence-electron chi connectivity index (χ4n) is 2.16. The second kappa shape index (κ2) is 4.27. The lowest BCUT2D eigenvalue weighted by Crippen LogP contribution is -2.16. The van der Waals surface area contributed by atoms with E-state index >= 15 is 0 Å². The van der Waals surface area contributed by atoms with Gasteiger partial charge in [0.05, 0.1) is 11.6 Å². The molecule has 0 N–H and O–H groups in total. The van der Waals surface area contributed by atoms with Gasteiger partial charge in [0.1, 0.15) is 5.78 Å². The van der Waals surface area contributed by atoms with E-state index in [1.165, 1.54) is 0 Å². The summed E-state index contributed by atoms with van der Waals surface area (Å²) in [6.45, 7) is 0. The highest BCUT2D eigenvalue weighted by Crippen LogP contribution is 2.30. The molecule has 0 saturated heterocycles. The van der Waals surface area contributed by atoms with Crippen LogP contribution in [0.5, 0.6) is 0 Å². The van der Waals surface area contributed by atoms with E-state index in [1.807, 2.05) is 18.2 Å². The van der Waals surface area contributed by atoms with Gasteiger partial charge in [0, 0.05) is 12.3 Å². The van der Waals surface area contributed by atoms with Crippen LogP contribution in [-0.4, -0.2) is 5.78 Å². The Labute approximate surface area is 89.5 Å². The monoisotopic (exact) mass is 199 g/mol. The second-order valence-electron chi connectivity index (χ2n) is 4.00. The predicted molar refractivity (Wildman–Crippen MR) is 57.4 cm³/mol. The number of benzene rings is 1. The molecule has 1 aromatic rings. The molecule has 1 saturated carbocycles. The number of hydrogen-bond acceptors (Lipinski definition) is 2. The minimum absolute atomic E-state index is 0.0343. The van der Waals surface area contributed by atoms with Crippen molar-refractivity contribution in [3.05, 3.63) is 35.4 Å². The van der Waals surface area contributed by atoms with Gasteiger partial charge in [-0.25, -0.2) is 0 Å². The molecule has 0 aliphatic heterocycles. The summed E-state index contributed by atoms with van der Waals surface area (Å²) in [6.07, 6.45) is 3.77. The Hall–Kier alpha value is -1.62. The Balaban J connectivity index is 2.28. The van der Waals surface area contributed by atoms with Gasteiger partial charge in [-0.15, -0.1) is 0 Å². The summed E-state index contributed by atoms with van der Waals surface area (Å²) < 4.78 is 0. The number of carbonyl (C=O) groups excluding carboxylic acids is 1. The van der Waals surface area contributed by atoms with Crippen molar-refractivity contribution in [3.8, 4) is 6.07 Å². The van der Waals surface area contributed by atoms with Crippen molar-refractivity contribution in [2.24, 2.45) is 0 Å². The topological polar surface area (TPSA) is 40.9 Å². The van der Waals surface area contributed by atoms with Gasteiger partial charge >= 0.3 is 0 Å². The molecule has 0 bridgehead atoms. The van der Waals surface area contributed by atoms with Gasteiger partial charge in [0.25, 0.3) is 0 Å². The van der Waals surface area contributed by atoms with Crippen molar-refractivity contribution < 1.29 is 4.79 Å². The van der Waals surface area contributed by atoms with Crippen LogP contribution in [0.4, 0.5) is 0 Å². The lowest BCUT2D eigenvalue weighted by atomic mass is 9.82. The molecular weight excluding hydrogens is 186 g/mol. The van der Waals surface area contributed by atoms with Gasteiger partial charge in [0.2, 0.25) is 0 Å². The molecule has 2 rings (SSSR count). The quantitative estimate of drug-likeness (QED) is 0.697. The summed E-state index contributed by atoms with van der Waals surface area (Å²) in [7, 11) is 0. The summed E-state index contributed by atoms with van der Waals surface area (Å²) in [4.78, 5) is 11.7. The minimum atomic E-state index is 0.0343. The van der Waals surface area contributed by atoms with Crippen molar-refractivity contribution in [1.82, 2.24) is 0 Å². The van der Waals surface area contributed by atoms with Crippen LogP contribution in [0.2, 0.25) is 0 Å². The SMILES string of the molecule is N#Cc1cccc(C2CCCCC2=O)c1. The first kappa shape index (κ1) is 9.92. The van der Waals surface area contributed by atoms with Gasteiger partial charge in [-0.1, -0.05) is 18.6 Å². The van der Waals surface area contributed by atoms with Gasteiger partial charge in [0.15, 0.2) is 0 Å². The number of rotatable bonds is 1. The number of carbonyl (C=O) groups is 1. The minimum Gasteiger partial charge on any atom is -0.299 e. The molecule has 0 heterocycles. The molecule has 1 atom stereocenters. The molecule has 0 radical (unpaired) electrons. The Kier molecular flexibility index (Phi) is 2.82. The fourth-order valence-corrected chi connectivity index (χ4v) is 2.16. The van der Waals surface area contributed by atoms with Crippen LogP contribution in [0.3, 0.4) is 0 Å². The molecule has 1 unspecified atom stereocenters. The molecule has 1 fully saturated rings.